The van der Waals surface area contributed by atoms with Crippen molar-refractivity contribution in [2.75, 3.05) is 26.3 Å². The number of halogens is 1. The van der Waals surface area contributed by atoms with Crippen LogP contribution in [0.2, 0.25) is 0 Å². The summed E-state index contributed by atoms with van der Waals surface area (Å²) in [5.74, 6) is 2.74. The van der Waals surface area contributed by atoms with Gasteiger partial charge in [0.1, 0.15) is 11.5 Å². The van der Waals surface area contributed by atoms with E-state index >= 15 is 0 Å². The first-order valence-corrected chi connectivity index (χ1v) is 10.3. The van der Waals surface area contributed by atoms with Crippen LogP contribution in [0.5, 0.6) is 5.75 Å². The van der Waals surface area contributed by atoms with E-state index in [1.165, 1.54) is 5.56 Å². The van der Waals surface area contributed by atoms with Gasteiger partial charge < -0.3 is 24.9 Å². The molecule has 2 aromatic rings. The second-order valence-electron chi connectivity index (χ2n) is 7.00. The Morgan fingerprint density at radius 2 is 1.97 bits per heavy atom. The maximum atomic E-state index is 8.88. The van der Waals surface area contributed by atoms with Crippen LogP contribution in [0.15, 0.2) is 52.1 Å². The Balaban J connectivity index is 0.00000300. The van der Waals surface area contributed by atoms with E-state index in [1.54, 1.807) is 6.26 Å². The number of hydrogen-bond acceptors (Lipinski definition) is 4. The summed E-state index contributed by atoms with van der Waals surface area (Å²) in [5, 5.41) is 15.9. The number of nitrogens with one attached hydrogen (secondary N) is 2. The molecule has 0 amide bonds. The molecule has 1 aromatic carbocycles. The molecular weight excluding hydrogens is 481 g/mol. The van der Waals surface area contributed by atoms with Crippen molar-refractivity contribution in [3.63, 3.8) is 0 Å². The second kappa shape index (κ2) is 13.5. The first kappa shape index (κ1) is 23.5. The Morgan fingerprint density at radius 1 is 1.10 bits per heavy atom. The number of hydrogen-bond donors (Lipinski definition) is 3. The predicted molar refractivity (Wildman–Crippen MR) is 126 cm³/mol. The average Bonchev–Trinajstić information content (AvgIpc) is 3.24. The lowest BCUT2D eigenvalue weighted by molar-refractivity contribution is 0.261. The van der Waals surface area contributed by atoms with Gasteiger partial charge in [-0.25, -0.2) is 0 Å². The maximum Gasteiger partial charge on any atom is 0.191 e. The van der Waals surface area contributed by atoms with Gasteiger partial charge in [-0.2, -0.15) is 0 Å². The van der Waals surface area contributed by atoms with Crippen molar-refractivity contribution >= 4 is 29.9 Å². The predicted octanol–water partition coefficient (Wildman–Crippen LogP) is 4.05. The molecule has 1 aromatic heterocycles. The van der Waals surface area contributed by atoms with Gasteiger partial charge in [-0.3, -0.25) is 4.99 Å². The van der Waals surface area contributed by atoms with Gasteiger partial charge in [0.05, 0.1) is 18.9 Å². The Hall–Kier alpha value is -1.74. The number of furan rings is 1. The Kier molecular flexibility index (Phi) is 10.9. The van der Waals surface area contributed by atoms with Crippen molar-refractivity contribution in [1.29, 1.82) is 0 Å². The molecular formula is C22H32IN3O3. The summed E-state index contributed by atoms with van der Waals surface area (Å²) < 4.78 is 11.2. The average molecular weight is 513 g/mol. The first-order chi connectivity index (χ1) is 13.9. The zero-order valence-electron chi connectivity index (χ0n) is 16.8. The van der Waals surface area contributed by atoms with Gasteiger partial charge >= 0.3 is 0 Å². The van der Waals surface area contributed by atoms with Gasteiger partial charge in [-0.05, 0) is 31.0 Å². The summed E-state index contributed by atoms with van der Waals surface area (Å²) in [6, 6.07) is 12.3. The molecule has 0 saturated carbocycles. The van der Waals surface area contributed by atoms with E-state index in [1.807, 2.05) is 30.3 Å². The largest absolute Gasteiger partial charge is 0.493 e. The molecule has 7 heteroatoms. The fraction of sp³-hybridized carbons (Fsp3) is 0.500. The molecule has 1 aliphatic heterocycles. The van der Waals surface area contributed by atoms with Crippen molar-refractivity contribution in [3.8, 4) is 5.75 Å². The van der Waals surface area contributed by atoms with Crippen LogP contribution < -0.4 is 15.4 Å². The van der Waals surface area contributed by atoms with E-state index < -0.39 is 0 Å². The highest BCUT2D eigenvalue weighted by Crippen LogP contribution is 2.31. The third kappa shape index (κ3) is 7.89. The maximum absolute atomic E-state index is 8.88. The summed E-state index contributed by atoms with van der Waals surface area (Å²) >= 11 is 0. The molecule has 2 heterocycles. The van der Waals surface area contributed by atoms with Crippen LogP contribution in [0.25, 0.3) is 0 Å². The number of para-hydroxylation sites is 1. The van der Waals surface area contributed by atoms with Crippen LogP contribution in [0.4, 0.5) is 0 Å². The van der Waals surface area contributed by atoms with Gasteiger partial charge in [0.15, 0.2) is 5.96 Å². The van der Waals surface area contributed by atoms with Crippen LogP contribution in [0, 0.1) is 0 Å². The number of aliphatic imine (C=N–C) groups is 1. The smallest absolute Gasteiger partial charge is 0.191 e. The van der Waals surface area contributed by atoms with Crippen LogP contribution in [0.1, 0.15) is 49.5 Å². The molecule has 1 unspecified atom stereocenters. The highest BCUT2D eigenvalue weighted by atomic mass is 127. The molecule has 0 radical (unpaired) electrons. The summed E-state index contributed by atoms with van der Waals surface area (Å²) in [7, 11) is 0. The zero-order chi connectivity index (χ0) is 19.4. The number of nitrogens with zero attached hydrogens (tertiary/aromatic N) is 1. The van der Waals surface area contributed by atoms with Gasteiger partial charge in [-0.15, -0.1) is 24.0 Å². The lowest BCUT2D eigenvalue weighted by Crippen LogP contribution is -2.42. The molecule has 1 aliphatic rings. The van der Waals surface area contributed by atoms with Crippen molar-refractivity contribution in [2.45, 2.75) is 44.6 Å². The number of guanidine groups is 1. The van der Waals surface area contributed by atoms with Gasteiger partial charge in [0.25, 0.3) is 0 Å². The monoisotopic (exact) mass is 513 g/mol. The van der Waals surface area contributed by atoms with Crippen molar-refractivity contribution in [3.05, 3.63) is 54.0 Å². The molecule has 1 atom stereocenters. The minimum atomic E-state index is 0. The van der Waals surface area contributed by atoms with Gasteiger partial charge in [0, 0.05) is 38.1 Å². The van der Waals surface area contributed by atoms with E-state index in [0.717, 1.165) is 69.1 Å². The van der Waals surface area contributed by atoms with Crippen molar-refractivity contribution < 1.29 is 14.3 Å². The minimum absolute atomic E-state index is 0. The SMILES string of the molecule is I.OCCCCCCN=C(NCCc1ccco1)NC1CCOc2ccccc21. The lowest BCUT2D eigenvalue weighted by Gasteiger charge is -2.28. The van der Waals surface area contributed by atoms with E-state index in [0.29, 0.717) is 6.61 Å². The first-order valence-electron chi connectivity index (χ1n) is 10.3. The van der Waals surface area contributed by atoms with Crippen molar-refractivity contribution in [2.24, 2.45) is 4.99 Å². The summed E-state index contributed by atoms with van der Waals surface area (Å²) in [6.45, 7) is 2.50. The number of benzene rings is 1. The fourth-order valence-electron chi connectivity index (χ4n) is 3.34. The highest BCUT2D eigenvalue weighted by Gasteiger charge is 2.21. The van der Waals surface area contributed by atoms with Gasteiger partial charge in [-0.1, -0.05) is 31.0 Å². The van der Waals surface area contributed by atoms with Crippen LogP contribution >= 0.6 is 24.0 Å². The number of unbranched alkanes of at least 4 members (excludes halogenated alkanes) is 3. The Bertz CT molecular complexity index is 722. The van der Waals surface area contributed by atoms with E-state index in [4.69, 9.17) is 19.3 Å². The normalized spacial score (nSPS) is 15.8. The second-order valence-corrected chi connectivity index (χ2v) is 7.00. The number of ether oxygens (including phenoxy) is 1. The Labute approximate surface area is 190 Å². The quantitative estimate of drug-likeness (QED) is 0.193. The number of rotatable bonds is 10. The lowest BCUT2D eigenvalue weighted by atomic mass is 10.0. The number of fused-ring (bicyclic) bond motifs is 1. The molecule has 6 nitrogen and oxygen atoms in total. The minimum Gasteiger partial charge on any atom is -0.493 e. The van der Waals surface area contributed by atoms with E-state index in [-0.39, 0.29) is 36.6 Å². The standard InChI is InChI=1S/C22H31N3O3.HI/c26-15-6-2-1-5-13-23-22(24-14-11-18-8-7-16-27-18)25-20-12-17-28-21-10-4-3-9-19(20)21;/h3-4,7-10,16,20,26H,1-2,5-6,11-15,17H2,(H2,23,24,25);1H. The highest BCUT2D eigenvalue weighted by molar-refractivity contribution is 14.0. The van der Waals surface area contributed by atoms with Crippen LogP contribution in [-0.2, 0) is 6.42 Å². The van der Waals surface area contributed by atoms with E-state index in [2.05, 4.69) is 16.7 Å². The van der Waals surface area contributed by atoms with Crippen LogP contribution in [-0.4, -0.2) is 37.4 Å². The summed E-state index contributed by atoms with van der Waals surface area (Å²) in [5.41, 5.74) is 1.18. The summed E-state index contributed by atoms with van der Waals surface area (Å²) in [6.07, 6.45) is 7.46. The molecule has 29 heavy (non-hydrogen) atoms. The summed E-state index contributed by atoms with van der Waals surface area (Å²) in [4.78, 5) is 4.77. The third-order valence-corrected chi connectivity index (χ3v) is 4.85. The molecule has 3 N–H and O–H groups in total. The fourth-order valence-corrected chi connectivity index (χ4v) is 3.34. The van der Waals surface area contributed by atoms with Gasteiger partial charge in [0.2, 0.25) is 0 Å². The zero-order valence-corrected chi connectivity index (χ0v) is 19.1. The van der Waals surface area contributed by atoms with Crippen molar-refractivity contribution in [1.82, 2.24) is 10.6 Å². The molecule has 0 aliphatic carbocycles. The molecule has 160 valence electrons. The molecule has 0 spiro atoms. The number of aliphatic hydroxyl groups is 1. The Morgan fingerprint density at radius 3 is 2.79 bits per heavy atom. The number of aliphatic hydroxyl groups excluding tert-OH is 1. The molecule has 0 fully saturated rings. The molecule has 0 saturated heterocycles. The molecule has 3 rings (SSSR count). The third-order valence-electron chi connectivity index (χ3n) is 4.85. The molecule has 0 bridgehead atoms. The van der Waals surface area contributed by atoms with Crippen LogP contribution in [0.3, 0.4) is 0 Å². The topological polar surface area (TPSA) is 79.0 Å². The van der Waals surface area contributed by atoms with E-state index in [9.17, 15) is 0 Å².